The van der Waals surface area contributed by atoms with Crippen molar-refractivity contribution < 1.29 is 29.5 Å². The molecule has 4 aromatic rings. The molecule has 0 bridgehead atoms. The molecule has 9 nitrogen and oxygen atoms in total. The van der Waals surface area contributed by atoms with Gasteiger partial charge in [0.05, 0.1) is 29.3 Å². The smallest absolute Gasteiger partial charge is 0.227 e. The highest BCUT2D eigenvalue weighted by molar-refractivity contribution is 6.42. The molecule has 3 N–H and O–H groups in total. The summed E-state index contributed by atoms with van der Waals surface area (Å²) in [7, 11) is 1.57. The zero-order valence-electron chi connectivity index (χ0n) is 20.7. The Morgan fingerprint density at radius 3 is 2.54 bits per heavy atom. The fourth-order valence-corrected chi connectivity index (χ4v) is 5.31. The van der Waals surface area contributed by atoms with E-state index in [0.29, 0.717) is 28.0 Å². The third kappa shape index (κ3) is 4.75. The Bertz CT molecular complexity index is 1560. The lowest BCUT2D eigenvalue weighted by atomic mass is 9.98. The predicted molar refractivity (Wildman–Crippen MR) is 146 cm³/mol. The van der Waals surface area contributed by atoms with Gasteiger partial charge in [-0.05, 0) is 35.4 Å². The first-order valence-electron chi connectivity index (χ1n) is 12.3. The van der Waals surface area contributed by atoms with Crippen molar-refractivity contribution in [1.29, 1.82) is 0 Å². The highest BCUT2D eigenvalue weighted by Gasteiger charge is 2.49. The van der Waals surface area contributed by atoms with E-state index >= 15 is 0 Å². The van der Waals surface area contributed by atoms with Gasteiger partial charge < -0.3 is 34.1 Å². The van der Waals surface area contributed by atoms with Crippen LogP contribution in [-0.2, 0) is 16.0 Å². The average Bonchev–Trinajstić information content (AvgIpc) is 3.54. The molecule has 11 heteroatoms. The van der Waals surface area contributed by atoms with Gasteiger partial charge in [0.15, 0.2) is 0 Å². The Morgan fingerprint density at radius 1 is 1.00 bits per heavy atom. The first-order chi connectivity index (χ1) is 18.9. The van der Waals surface area contributed by atoms with E-state index in [2.05, 4.69) is 20.6 Å². The number of hydrogen-bond acceptors (Lipinski definition) is 8. The number of pyridine rings is 1. The quantitative estimate of drug-likeness (QED) is 0.324. The van der Waals surface area contributed by atoms with Crippen LogP contribution in [0.3, 0.4) is 0 Å². The molecule has 202 valence electrons. The number of rotatable bonds is 6. The number of ether oxygens (including phenoxy) is 3. The molecular formula is C28H25Cl2N3O6. The molecule has 0 radical (unpaired) electrons. The number of halogens is 2. The lowest BCUT2D eigenvalue weighted by molar-refractivity contribution is -0.234. The summed E-state index contributed by atoms with van der Waals surface area (Å²) < 4.78 is 18.9. The van der Waals surface area contributed by atoms with Crippen LogP contribution in [0.4, 0.5) is 0 Å². The third-order valence-corrected chi connectivity index (χ3v) is 7.81. The fourth-order valence-electron chi connectivity index (χ4n) is 4.99. The predicted octanol–water partition coefficient (Wildman–Crippen LogP) is 3.65. The van der Waals surface area contributed by atoms with E-state index in [1.807, 2.05) is 42.6 Å². The van der Waals surface area contributed by atoms with Gasteiger partial charge in [-0.25, -0.2) is 9.98 Å². The van der Waals surface area contributed by atoms with Gasteiger partial charge >= 0.3 is 0 Å². The second kappa shape index (κ2) is 10.4. The number of aliphatic imine (C=N–C) groups is 1. The largest absolute Gasteiger partial charge is 0.481 e. The third-order valence-electron chi connectivity index (χ3n) is 7.07. The minimum atomic E-state index is -1.28. The van der Waals surface area contributed by atoms with Crippen molar-refractivity contribution in [1.82, 2.24) is 9.55 Å². The maximum Gasteiger partial charge on any atom is 0.227 e. The number of aliphatic hydroxyl groups is 3. The van der Waals surface area contributed by atoms with Gasteiger partial charge in [0.2, 0.25) is 18.1 Å². The Kier molecular flexibility index (Phi) is 6.96. The van der Waals surface area contributed by atoms with E-state index in [9.17, 15) is 15.3 Å². The summed E-state index contributed by atoms with van der Waals surface area (Å²) in [5.74, 6) is 0.813. The molecule has 0 saturated carbocycles. The standard InChI is InChI=1S/C28H25Cl2N3O6/c1-37-23-7-4-16(10-31-23)15-3-5-17-18(27-32-24-26(36)25(35)22(13-34)38-28(24)39-27)12-33(21(17)9-15)11-14-2-6-19(29)20(30)8-14/h2-10,12,22,24-26,28,34-36H,11,13H2,1H3/t22?,24-,25-,26?,28-/m1/s1. The van der Waals surface area contributed by atoms with Gasteiger partial charge in [0.25, 0.3) is 0 Å². The number of methoxy groups -OCH3 is 1. The molecule has 2 aliphatic heterocycles. The van der Waals surface area contributed by atoms with Gasteiger partial charge in [0.1, 0.15) is 24.4 Å². The van der Waals surface area contributed by atoms with Crippen LogP contribution in [0, 0.1) is 0 Å². The SMILES string of the molecule is COc1ccc(-c2ccc3c(C4=N[C@@H]5C(O)[C@H](O)C(CO)O[C@@H]5O4)cn(Cc4ccc(Cl)c(Cl)c4)c3c2)cn1. The zero-order valence-corrected chi connectivity index (χ0v) is 22.3. The Morgan fingerprint density at radius 2 is 1.82 bits per heavy atom. The monoisotopic (exact) mass is 569 g/mol. The van der Waals surface area contributed by atoms with Crippen molar-refractivity contribution in [2.24, 2.45) is 4.99 Å². The van der Waals surface area contributed by atoms with E-state index in [1.165, 1.54) is 0 Å². The summed E-state index contributed by atoms with van der Waals surface area (Å²) in [6.07, 6.45) is -0.729. The summed E-state index contributed by atoms with van der Waals surface area (Å²) >= 11 is 12.4. The molecule has 2 aromatic heterocycles. The molecule has 4 heterocycles. The molecule has 1 saturated heterocycles. The van der Waals surface area contributed by atoms with E-state index in [4.69, 9.17) is 37.4 Å². The van der Waals surface area contributed by atoms with E-state index in [1.54, 1.807) is 19.4 Å². The normalized spacial score (nSPS) is 24.4. The summed E-state index contributed by atoms with van der Waals surface area (Å²) in [6, 6.07) is 14.4. The molecule has 2 aliphatic rings. The molecule has 39 heavy (non-hydrogen) atoms. The molecule has 2 aromatic carbocycles. The molecule has 2 unspecified atom stereocenters. The van der Waals surface area contributed by atoms with E-state index < -0.39 is 37.3 Å². The number of benzene rings is 2. The summed E-state index contributed by atoms with van der Waals surface area (Å²) in [6.45, 7) is 0.0361. The lowest BCUT2D eigenvalue weighted by Gasteiger charge is -2.36. The Balaban J connectivity index is 1.43. The van der Waals surface area contributed by atoms with Gasteiger partial charge in [-0.3, -0.25) is 0 Å². The number of aromatic nitrogens is 2. The molecule has 0 spiro atoms. The van der Waals surface area contributed by atoms with Crippen molar-refractivity contribution in [3.8, 4) is 17.0 Å². The van der Waals surface area contributed by atoms with Crippen LogP contribution in [0.25, 0.3) is 22.0 Å². The number of fused-ring (bicyclic) bond motifs is 2. The van der Waals surface area contributed by atoms with Crippen LogP contribution < -0.4 is 4.74 Å². The van der Waals surface area contributed by atoms with Gasteiger partial charge in [0, 0.05) is 41.5 Å². The van der Waals surface area contributed by atoms with Crippen molar-refractivity contribution >= 4 is 40.0 Å². The van der Waals surface area contributed by atoms with Crippen molar-refractivity contribution in [2.75, 3.05) is 13.7 Å². The lowest BCUT2D eigenvalue weighted by Crippen LogP contribution is -2.56. The summed E-state index contributed by atoms with van der Waals surface area (Å²) in [4.78, 5) is 8.90. The van der Waals surface area contributed by atoms with Crippen LogP contribution >= 0.6 is 23.2 Å². The van der Waals surface area contributed by atoms with Crippen LogP contribution in [0.1, 0.15) is 11.1 Å². The van der Waals surface area contributed by atoms with Crippen molar-refractivity contribution in [2.45, 2.75) is 37.2 Å². The van der Waals surface area contributed by atoms with E-state index in [-0.39, 0.29) is 5.90 Å². The van der Waals surface area contributed by atoms with Crippen molar-refractivity contribution in [3.05, 3.63) is 82.1 Å². The van der Waals surface area contributed by atoms with Crippen LogP contribution in [0.15, 0.2) is 65.9 Å². The molecule has 0 amide bonds. The van der Waals surface area contributed by atoms with Crippen LogP contribution in [0.5, 0.6) is 5.88 Å². The molecule has 5 atom stereocenters. The Labute approximate surface area is 233 Å². The van der Waals surface area contributed by atoms with E-state index in [0.717, 1.165) is 27.6 Å². The fraction of sp³-hybridized carbons (Fsp3) is 0.286. The topological polar surface area (TPSA) is 119 Å². The highest BCUT2D eigenvalue weighted by Crippen LogP contribution is 2.35. The molecular weight excluding hydrogens is 545 g/mol. The Hall–Kier alpha value is -3.18. The maximum atomic E-state index is 10.6. The summed E-state index contributed by atoms with van der Waals surface area (Å²) in [5, 5.41) is 32.2. The first-order valence-corrected chi connectivity index (χ1v) is 13.1. The van der Waals surface area contributed by atoms with Gasteiger partial charge in [-0.2, -0.15) is 0 Å². The molecule has 1 fully saturated rings. The van der Waals surface area contributed by atoms with Gasteiger partial charge in [-0.1, -0.05) is 41.4 Å². The second-order valence-corrected chi connectivity index (χ2v) is 10.3. The van der Waals surface area contributed by atoms with Crippen molar-refractivity contribution in [3.63, 3.8) is 0 Å². The zero-order chi connectivity index (χ0) is 27.3. The number of hydrogen-bond donors (Lipinski definition) is 3. The second-order valence-electron chi connectivity index (χ2n) is 9.49. The number of aliphatic hydroxyl groups excluding tert-OH is 3. The van der Waals surface area contributed by atoms with Crippen LogP contribution in [-0.4, -0.2) is 75.1 Å². The highest BCUT2D eigenvalue weighted by atomic mass is 35.5. The first kappa shape index (κ1) is 26.1. The minimum Gasteiger partial charge on any atom is -0.481 e. The molecule has 6 rings (SSSR count). The van der Waals surface area contributed by atoms with Gasteiger partial charge in [-0.15, -0.1) is 0 Å². The minimum absolute atomic E-state index is 0.284. The summed E-state index contributed by atoms with van der Waals surface area (Å²) in [5.41, 5.74) is 4.42. The average molecular weight is 570 g/mol. The number of nitrogens with zero attached hydrogens (tertiary/aromatic N) is 3. The molecule has 0 aliphatic carbocycles. The maximum absolute atomic E-state index is 10.6. The van der Waals surface area contributed by atoms with Crippen LogP contribution in [0.2, 0.25) is 10.0 Å².